The zero-order chi connectivity index (χ0) is 10.9. The van der Waals surface area contributed by atoms with Crippen LogP contribution in [0.5, 0.6) is 0 Å². The van der Waals surface area contributed by atoms with Crippen LogP contribution < -0.4 is 5.32 Å². The van der Waals surface area contributed by atoms with Crippen molar-refractivity contribution < 1.29 is 4.74 Å². The highest BCUT2D eigenvalue weighted by Gasteiger charge is 2.15. The maximum atomic E-state index is 5.39. The van der Waals surface area contributed by atoms with E-state index in [1.807, 2.05) is 0 Å². The van der Waals surface area contributed by atoms with E-state index in [1.165, 1.54) is 18.1 Å². The molecule has 0 aromatic rings. The molecular weight excluding hydrogens is 208 g/mol. The predicted octanol–water partition coefficient (Wildman–Crippen LogP) is 1.05. The molecule has 0 aliphatic carbocycles. The number of hydrogen-bond donors (Lipinski definition) is 1. The summed E-state index contributed by atoms with van der Waals surface area (Å²) >= 11 is 2.06. The maximum Gasteiger partial charge on any atom is 0.0593 e. The van der Waals surface area contributed by atoms with Crippen LogP contribution >= 0.6 is 11.8 Å². The summed E-state index contributed by atoms with van der Waals surface area (Å²) in [4.78, 5) is 2.47. The molecule has 1 N–H and O–H groups in total. The van der Waals surface area contributed by atoms with Crippen LogP contribution in [0.4, 0.5) is 0 Å². The van der Waals surface area contributed by atoms with E-state index in [0.29, 0.717) is 6.04 Å². The van der Waals surface area contributed by atoms with Crippen molar-refractivity contribution in [3.8, 4) is 0 Å². The second-order valence-electron chi connectivity index (χ2n) is 3.82. The third-order valence-corrected chi connectivity index (χ3v) is 3.81. The third kappa shape index (κ3) is 5.76. The SMILES string of the molecule is CCOCCN(CC)CC1CSCCN1. The van der Waals surface area contributed by atoms with Gasteiger partial charge < -0.3 is 10.1 Å². The molecule has 4 heteroatoms. The van der Waals surface area contributed by atoms with Gasteiger partial charge in [-0.25, -0.2) is 0 Å². The molecule has 1 aliphatic heterocycles. The van der Waals surface area contributed by atoms with E-state index in [4.69, 9.17) is 4.74 Å². The molecular formula is C11H24N2OS. The smallest absolute Gasteiger partial charge is 0.0593 e. The fraction of sp³-hybridized carbons (Fsp3) is 1.00. The average Bonchev–Trinajstić information content (AvgIpc) is 2.29. The van der Waals surface area contributed by atoms with Crippen molar-refractivity contribution in [1.82, 2.24) is 10.2 Å². The van der Waals surface area contributed by atoms with Crippen LogP contribution in [-0.4, -0.2) is 61.8 Å². The fourth-order valence-corrected chi connectivity index (χ4v) is 2.70. The molecule has 0 amide bonds. The van der Waals surface area contributed by atoms with Gasteiger partial charge in [0.2, 0.25) is 0 Å². The van der Waals surface area contributed by atoms with Gasteiger partial charge in [-0.2, -0.15) is 11.8 Å². The summed E-state index contributed by atoms with van der Waals surface area (Å²) in [6.45, 7) is 10.5. The van der Waals surface area contributed by atoms with Crippen molar-refractivity contribution in [2.45, 2.75) is 19.9 Å². The van der Waals surface area contributed by atoms with E-state index >= 15 is 0 Å². The van der Waals surface area contributed by atoms with Crippen LogP contribution in [0.15, 0.2) is 0 Å². The summed E-state index contributed by atoms with van der Waals surface area (Å²) < 4.78 is 5.39. The molecule has 1 fully saturated rings. The van der Waals surface area contributed by atoms with Gasteiger partial charge in [0.15, 0.2) is 0 Å². The standard InChI is InChI=1S/C11H24N2OS/c1-3-13(6-7-14-4-2)9-11-10-15-8-5-12-11/h11-12H,3-10H2,1-2H3. The Labute approximate surface area is 97.9 Å². The summed E-state index contributed by atoms with van der Waals surface area (Å²) in [5.41, 5.74) is 0. The van der Waals surface area contributed by atoms with Crippen LogP contribution in [0.2, 0.25) is 0 Å². The molecule has 1 heterocycles. The minimum absolute atomic E-state index is 0.672. The highest BCUT2D eigenvalue weighted by Crippen LogP contribution is 2.08. The summed E-state index contributed by atoms with van der Waals surface area (Å²) in [7, 11) is 0. The zero-order valence-corrected chi connectivity index (χ0v) is 10.8. The van der Waals surface area contributed by atoms with Crippen LogP contribution in [0.3, 0.4) is 0 Å². The van der Waals surface area contributed by atoms with E-state index in [2.05, 4.69) is 35.8 Å². The van der Waals surface area contributed by atoms with Gasteiger partial charge in [0.1, 0.15) is 0 Å². The maximum absolute atomic E-state index is 5.39. The molecule has 90 valence electrons. The number of nitrogens with zero attached hydrogens (tertiary/aromatic N) is 1. The second-order valence-corrected chi connectivity index (χ2v) is 4.97. The average molecular weight is 232 g/mol. The highest BCUT2D eigenvalue weighted by molar-refractivity contribution is 7.99. The lowest BCUT2D eigenvalue weighted by atomic mass is 10.3. The Morgan fingerprint density at radius 1 is 1.47 bits per heavy atom. The number of likely N-dealkylation sites (N-methyl/N-ethyl adjacent to an activating group) is 1. The van der Waals surface area contributed by atoms with Crippen LogP contribution in [0.1, 0.15) is 13.8 Å². The number of nitrogens with one attached hydrogen (secondary N) is 1. The lowest BCUT2D eigenvalue weighted by Gasteiger charge is -2.29. The van der Waals surface area contributed by atoms with Gasteiger partial charge in [-0.15, -0.1) is 0 Å². The van der Waals surface area contributed by atoms with Gasteiger partial charge in [0, 0.05) is 43.8 Å². The monoisotopic (exact) mass is 232 g/mol. The Hall–Kier alpha value is 0.230. The molecule has 1 aliphatic rings. The Morgan fingerprint density at radius 2 is 2.33 bits per heavy atom. The lowest BCUT2D eigenvalue weighted by molar-refractivity contribution is 0.112. The van der Waals surface area contributed by atoms with Gasteiger partial charge in [-0.1, -0.05) is 6.92 Å². The largest absolute Gasteiger partial charge is 0.380 e. The molecule has 0 radical (unpaired) electrons. The first-order chi connectivity index (χ1) is 7.36. The molecule has 0 aromatic carbocycles. The normalized spacial score (nSPS) is 22.2. The van der Waals surface area contributed by atoms with Crippen molar-refractivity contribution in [2.24, 2.45) is 0 Å². The zero-order valence-electron chi connectivity index (χ0n) is 10.00. The van der Waals surface area contributed by atoms with Crippen molar-refractivity contribution in [1.29, 1.82) is 0 Å². The Bertz CT molecular complexity index is 152. The fourth-order valence-electron chi connectivity index (χ4n) is 1.77. The Balaban J connectivity index is 2.13. The molecule has 3 nitrogen and oxygen atoms in total. The number of ether oxygens (including phenoxy) is 1. The molecule has 0 spiro atoms. The van der Waals surface area contributed by atoms with E-state index in [1.54, 1.807) is 0 Å². The molecule has 1 saturated heterocycles. The topological polar surface area (TPSA) is 24.5 Å². The van der Waals surface area contributed by atoms with Gasteiger partial charge in [0.05, 0.1) is 6.61 Å². The van der Waals surface area contributed by atoms with Gasteiger partial charge in [-0.05, 0) is 13.5 Å². The Morgan fingerprint density at radius 3 is 2.93 bits per heavy atom. The molecule has 1 atom stereocenters. The van der Waals surface area contributed by atoms with E-state index in [0.717, 1.165) is 32.8 Å². The number of thioether (sulfide) groups is 1. The summed E-state index contributed by atoms with van der Waals surface area (Å²) in [6.07, 6.45) is 0. The Kier molecular flexibility index (Phi) is 7.44. The quantitative estimate of drug-likeness (QED) is 0.663. The third-order valence-electron chi connectivity index (χ3n) is 2.68. The summed E-state index contributed by atoms with van der Waals surface area (Å²) in [5.74, 6) is 2.52. The van der Waals surface area contributed by atoms with Crippen molar-refractivity contribution >= 4 is 11.8 Å². The minimum atomic E-state index is 0.672. The summed E-state index contributed by atoms with van der Waals surface area (Å²) in [6, 6.07) is 0.672. The van der Waals surface area contributed by atoms with Gasteiger partial charge in [-0.3, -0.25) is 4.90 Å². The molecule has 0 bridgehead atoms. The number of rotatable bonds is 7. The molecule has 0 saturated carbocycles. The summed E-state index contributed by atoms with van der Waals surface area (Å²) in [5, 5.41) is 3.57. The lowest BCUT2D eigenvalue weighted by Crippen LogP contribution is -2.46. The molecule has 1 unspecified atom stereocenters. The first-order valence-electron chi connectivity index (χ1n) is 5.98. The van der Waals surface area contributed by atoms with E-state index < -0.39 is 0 Å². The second kappa shape index (κ2) is 8.39. The minimum Gasteiger partial charge on any atom is -0.380 e. The van der Waals surface area contributed by atoms with E-state index in [9.17, 15) is 0 Å². The first-order valence-corrected chi connectivity index (χ1v) is 7.13. The van der Waals surface area contributed by atoms with Crippen LogP contribution in [0.25, 0.3) is 0 Å². The molecule has 1 rings (SSSR count). The van der Waals surface area contributed by atoms with Crippen molar-refractivity contribution in [3.63, 3.8) is 0 Å². The van der Waals surface area contributed by atoms with E-state index in [-0.39, 0.29) is 0 Å². The van der Waals surface area contributed by atoms with Crippen molar-refractivity contribution in [3.05, 3.63) is 0 Å². The van der Waals surface area contributed by atoms with Crippen LogP contribution in [-0.2, 0) is 4.74 Å². The molecule has 15 heavy (non-hydrogen) atoms. The van der Waals surface area contributed by atoms with Crippen LogP contribution in [0, 0.1) is 0 Å². The first kappa shape index (κ1) is 13.3. The van der Waals surface area contributed by atoms with Gasteiger partial charge >= 0.3 is 0 Å². The predicted molar refractivity (Wildman–Crippen MR) is 67.7 cm³/mol. The molecule has 0 aromatic heterocycles. The highest BCUT2D eigenvalue weighted by atomic mass is 32.2. The van der Waals surface area contributed by atoms with Gasteiger partial charge in [0.25, 0.3) is 0 Å². The van der Waals surface area contributed by atoms with Crippen molar-refractivity contribution in [2.75, 3.05) is 50.9 Å². The number of hydrogen-bond acceptors (Lipinski definition) is 4.